The van der Waals surface area contributed by atoms with Crippen molar-refractivity contribution in [2.45, 2.75) is 109 Å². The number of carbonyl (C=O) groups is 2. The third kappa shape index (κ3) is 7.91. The normalized spacial score (nSPS) is 20.9. The first-order valence-electron chi connectivity index (χ1n) is 15.4. The maximum Gasteiger partial charge on any atom is 0.326 e. The van der Waals surface area contributed by atoms with Crippen molar-refractivity contribution in [2.24, 2.45) is 5.92 Å². The van der Waals surface area contributed by atoms with Crippen LogP contribution in [0.1, 0.15) is 99.0 Å². The third-order valence-corrected chi connectivity index (χ3v) is 9.71. The van der Waals surface area contributed by atoms with Crippen molar-refractivity contribution in [2.75, 3.05) is 12.0 Å². The third-order valence-electron chi connectivity index (χ3n) is 9.07. The number of hydrogen-bond acceptors (Lipinski definition) is 4. The fourth-order valence-corrected chi connectivity index (χ4v) is 7.37. The summed E-state index contributed by atoms with van der Waals surface area (Å²) in [5, 5.41) is 12.5. The molecule has 2 fully saturated rings. The number of thioether (sulfide) groups is 1. The van der Waals surface area contributed by atoms with E-state index in [0.29, 0.717) is 29.8 Å². The highest BCUT2D eigenvalue weighted by molar-refractivity contribution is 7.98. The Labute approximate surface area is 245 Å². The Morgan fingerprint density at radius 1 is 1.02 bits per heavy atom. The van der Waals surface area contributed by atoms with Crippen LogP contribution < -0.4 is 5.32 Å². The molecule has 2 N–H and O–H groups in total. The van der Waals surface area contributed by atoms with Crippen molar-refractivity contribution < 1.29 is 14.7 Å². The van der Waals surface area contributed by atoms with Gasteiger partial charge in [-0.1, -0.05) is 75.8 Å². The molecule has 6 heteroatoms. The minimum Gasteiger partial charge on any atom is -0.480 e. The van der Waals surface area contributed by atoms with Crippen LogP contribution in [0.15, 0.2) is 42.5 Å². The van der Waals surface area contributed by atoms with Crippen LogP contribution in [0.2, 0.25) is 0 Å². The van der Waals surface area contributed by atoms with Crippen molar-refractivity contribution in [3.05, 3.63) is 59.2 Å². The zero-order valence-electron chi connectivity index (χ0n) is 24.7. The van der Waals surface area contributed by atoms with Gasteiger partial charge in [-0.25, -0.2) is 4.79 Å². The molecule has 5 nitrogen and oxygen atoms in total. The summed E-state index contributed by atoms with van der Waals surface area (Å²) >= 11 is 1.58. The summed E-state index contributed by atoms with van der Waals surface area (Å²) in [6.07, 6.45) is 15.6. The Kier molecular flexibility index (Phi) is 11.5. The summed E-state index contributed by atoms with van der Waals surface area (Å²) < 4.78 is 0. The Balaban J connectivity index is 1.62. The van der Waals surface area contributed by atoms with Crippen molar-refractivity contribution in [1.29, 1.82) is 0 Å². The number of aryl methyl sites for hydroxylation is 1. The van der Waals surface area contributed by atoms with Gasteiger partial charge in [-0.3, -0.25) is 9.69 Å². The number of rotatable bonds is 13. The van der Waals surface area contributed by atoms with E-state index in [1.54, 1.807) is 11.8 Å². The van der Waals surface area contributed by atoms with Gasteiger partial charge in [0.05, 0.1) is 0 Å². The highest BCUT2D eigenvalue weighted by Crippen LogP contribution is 2.37. The van der Waals surface area contributed by atoms with E-state index in [2.05, 4.69) is 48.3 Å². The van der Waals surface area contributed by atoms with E-state index in [1.165, 1.54) is 69.8 Å². The Morgan fingerprint density at radius 3 is 2.48 bits per heavy atom. The molecule has 1 saturated heterocycles. The summed E-state index contributed by atoms with van der Waals surface area (Å²) in [5.41, 5.74) is 4.78. The predicted molar refractivity (Wildman–Crippen MR) is 167 cm³/mol. The number of carboxylic acids is 1. The van der Waals surface area contributed by atoms with Crippen LogP contribution in [0.3, 0.4) is 0 Å². The van der Waals surface area contributed by atoms with E-state index < -0.39 is 12.0 Å². The molecule has 0 bridgehead atoms. The zero-order valence-corrected chi connectivity index (χ0v) is 25.5. The van der Waals surface area contributed by atoms with Crippen LogP contribution in [-0.4, -0.2) is 52.0 Å². The van der Waals surface area contributed by atoms with E-state index in [1.807, 2.05) is 24.5 Å². The van der Waals surface area contributed by atoms with Crippen LogP contribution in [0.25, 0.3) is 11.1 Å². The second kappa shape index (κ2) is 15.1. The Morgan fingerprint density at radius 2 is 1.77 bits per heavy atom. The first-order valence-corrected chi connectivity index (χ1v) is 16.8. The number of benzene rings is 2. The predicted octanol–water partition coefficient (Wildman–Crippen LogP) is 7.70. The van der Waals surface area contributed by atoms with E-state index in [0.717, 1.165) is 29.2 Å². The van der Waals surface area contributed by atoms with Crippen molar-refractivity contribution in [3.8, 4) is 11.1 Å². The SMILES string of the molecule is CCCC1CCC(CC2CCCCC2)N1Cc1ccc(C(=O)NC(CCSC)C(=O)O)c(-c2ccccc2C)c1. The number of likely N-dealkylation sites (tertiary alicyclic amines) is 1. The Hall–Kier alpha value is -2.31. The summed E-state index contributed by atoms with van der Waals surface area (Å²) in [5.74, 6) is 0.232. The molecule has 1 amide bonds. The maximum absolute atomic E-state index is 13.5. The zero-order chi connectivity index (χ0) is 28.5. The van der Waals surface area contributed by atoms with Crippen LogP contribution >= 0.6 is 11.8 Å². The van der Waals surface area contributed by atoms with Crippen molar-refractivity contribution in [1.82, 2.24) is 10.2 Å². The number of amides is 1. The van der Waals surface area contributed by atoms with Gasteiger partial charge >= 0.3 is 5.97 Å². The second-order valence-electron chi connectivity index (χ2n) is 11.9. The number of nitrogens with zero attached hydrogens (tertiary/aromatic N) is 1. The van der Waals surface area contributed by atoms with E-state index in [-0.39, 0.29) is 5.91 Å². The van der Waals surface area contributed by atoms with Gasteiger partial charge in [-0.05, 0) is 91.3 Å². The first-order chi connectivity index (χ1) is 19.4. The molecule has 40 heavy (non-hydrogen) atoms. The molecule has 1 saturated carbocycles. The summed E-state index contributed by atoms with van der Waals surface area (Å²) in [6.45, 7) is 5.26. The monoisotopic (exact) mass is 564 g/mol. The minimum absolute atomic E-state index is 0.321. The van der Waals surface area contributed by atoms with Crippen LogP contribution in [0.4, 0.5) is 0 Å². The number of nitrogens with one attached hydrogen (secondary N) is 1. The van der Waals surface area contributed by atoms with E-state index in [4.69, 9.17) is 0 Å². The van der Waals surface area contributed by atoms with Gasteiger partial charge in [0.2, 0.25) is 0 Å². The van der Waals surface area contributed by atoms with E-state index >= 15 is 0 Å². The average molecular weight is 565 g/mol. The highest BCUT2D eigenvalue weighted by atomic mass is 32.2. The molecule has 1 aliphatic carbocycles. The molecule has 3 atom stereocenters. The first kappa shape index (κ1) is 30.6. The number of carbonyl (C=O) groups excluding carboxylic acids is 1. The second-order valence-corrected chi connectivity index (χ2v) is 12.9. The van der Waals surface area contributed by atoms with Crippen molar-refractivity contribution in [3.63, 3.8) is 0 Å². The quantitative estimate of drug-likeness (QED) is 0.261. The molecule has 2 aromatic carbocycles. The fraction of sp³-hybridized carbons (Fsp3) is 0.588. The van der Waals surface area contributed by atoms with Gasteiger partial charge in [0.25, 0.3) is 5.91 Å². The number of aliphatic carboxylic acids is 1. The molecule has 2 aromatic rings. The van der Waals surface area contributed by atoms with Gasteiger partial charge in [-0.2, -0.15) is 11.8 Å². The van der Waals surface area contributed by atoms with Gasteiger partial charge in [0.1, 0.15) is 6.04 Å². The highest BCUT2D eigenvalue weighted by Gasteiger charge is 2.34. The molecule has 3 unspecified atom stereocenters. The smallest absolute Gasteiger partial charge is 0.326 e. The molecule has 1 aliphatic heterocycles. The van der Waals surface area contributed by atoms with E-state index in [9.17, 15) is 14.7 Å². The molecule has 0 radical (unpaired) electrons. The largest absolute Gasteiger partial charge is 0.480 e. The van der Waals surface area contributed by atoms with Gasteiger partial charge in [0.15, 0.2) is 0 Å². The molecule has 218 valence electrons. The summed E-state index contributed by atoms with van der Waals surface area (Å²) in [7, 11) is 0. The van der Waals surface area contributed by atoms with Gasteiger partial charge < -0.3 is 10.4 Å². The van der Waals surface area contributed by atoms with Crippen LogP contribution in [0.5, 0.6) is 0 Å². The lowest BCUT2D eigenvalue weighted by atomic mass is 9.84. The molecule has 2 aliphatic rings. The summed E-state index contributed by atoms with van der Waals surface area (Å²) in [6, 6.07) is 14.7. The van der Waals surface area contributed by atoms with Gasteiger partial charge in [-0.15, -0.1) is 0 Å². The van der Waals surface area contributed by atoms with Gasteiger partial charge in [0, 0.05) is 24.2 Å². The topological polar surface area (TPSA) is 69.6 Å². The number of carboxylic acid groups (broad SMARTS) is 1. The lowest BCUT2D eigenvalue weighted by Crippen LogP contribution is -2.41. The fourth-order valence-electron chi connectivity index (χ4n) is 6.90. The van der Waals surface area contributed by atoms with Crippen LogP contribution in [-0.2, 0) is 11.3 Å². The molecule has 0 aromatic heterocycles. The molecule has 4 rings (SSSR count). The summed E-state index contributed by atoms with van der Waals surface area (Å²) in [4.78, 5) is 28.1. The molecular formula is C34H48N2O3S. The lowest BCUT2D eigenvalue weighted by molar-refractivity contribution is -0.139. The average Bonchev–Trinajstić information content (AvgIpc) is 3.32. The lowest BCUT2D eigenvalue weighted by Gasteiger charge is -2.34. The van der Waals surface area contributed by atoms with Crippen molar-refractivity contribution >= 4 is 23.6 Å². The maximum atomic E-state index is 13.5. The Bertz CT molecular complexity index is 1130. The standard InChI is InChI=1S/C34H48N2O3S/c1-4-10-27-16-17-28(21-25-12-6-5-7-13-25)36(27)23-26-15-18-30(31(22-26)29-14-9-8-11-24(29)2)33(37)35-32(34(38)39)19-20-40-3/h8-9,11,14-15,18,22,25,27-28,32H,4-7,10,12-13,16-17,19-21,23H2,1-3H3,(H,35,37)(H,38,39). The minimum atomic E-state index is -0.989. The molecular weight excluding hydrogens is 516 g/mol. The molecule has 0 spiro atoms. The molecule has 1 heterocycles. The van der Waals surface area contributed by atoms with Crippen LogP contribution in [0, 0.1) is 12.8 Å². The number of hydrogen-bond donors (Lipinski definition) is 2.